The van der Waals surface area contributed by atoms with Gasteiger partial charge in [-0.2, -0.15) is 0 Å². The van der Waals surface area contributed by atoms with Gasteiger partial charge >= 0.3 is 0 Å². The van der Waals surface area contributed by atoms with Gasteiger partial charge in [-0.1, -0.05) is 48.0 Å². The first kappa shape index (κ1) is 17.7. The molecule has 3 aromatic carbocycles. The Morgan fingerprint density at radius 3 is 2.32 bits per heavy atom. The average Bonchev–Trinajstić information content (AvgIpc) is 2.75. The smallest absolute Gasteiger partial charge is 0.246 e. The second kappa shape index (κ2) is 7.48. The van der Waals surface area contributed by atoms with E-state index in [1.807, 2.05) is 43.3 Å². The van der Waals surface area contributed by atoms with Gasteiger partial charge in [0.1, 0.15) is 12.0 Å². The normalized spacial score (nSPS) is 10.6. The van der Waals surface area contributed by atoms with Crippen LogP contribution in [-0.4, -0.2) is 23.6 Å². The van der Waals surface area contributed by atoms with E-state index in [9.17, 15) is 4.79 Å². The molecule has 0 saturated carbocycles. The first-order valence-corrected chi connectivity index (χ1v) is 8.83. The zero-order chi connectivity index (χ0) is 19.5. The van der Waals surface area contributed by atoms with Crippen molar-refractivity contribution in [3.8, 4) is 28.6 Å². The third kappa shape index (κ3) is 3.30. The number of methoxy groups -OCH3 is 1. The number of nitrogens with zero attached hydrogens (tertiary/aromatic N) is 2. The Morgan fingerprint density at radius 2 is 1.61 bits per heavy atom. The van der Waals surface area contributed by atoms with Crippen molar-refractivity contribution in [3.05, 3.63) is 77.9 Å². The second-order valence-electron chi connectivity index (χ2n) is 6.40. The van der Waals surface area contributed by atoms with Crippen LogP contribution >= 0.6 is 0 Å². The number of benzene rings is 3. The predicted octanol–water partition coefficient (Wildman–Crippen LogP) is 5.22. The summed E-state index contributed by atoms with van der Waals surface area (Å²) < 4.78 is 11.4. The lowest BCUT2D eigenvalue weighted by Crippen LogP contribution is -1.98. The van der Waals surface area contributed by atoms with Crippen LogP contribution in [0, 0.1) is 6.92 Å². The number of hydrogen-bond donors (Lipinski definition) is 0. The van der Waals surface area contributed by atoms with Gasteiger partial charge < -0.3 is 9.47 Å². The summed E-state index contributed by atoms with van der Waals surface area (Å²) in [6.07, 6.45) is 0.762. The fourth-order valence-corrected chi connectivity index (χ4v) is 3.03. The molecule has 4 rings (SSSR count). The number of hydrogen-bond acceptors (Lipinski definition) is 5. The monoisotopic (exact) mass is 370 g/mol. The third-order valence-electron chi connectivity index (χ3n) is 4.51. The zero-order valence-electron chi connectivity index (χ0n) is 15.5. The highest BCUT2D eigenvalue weighted by Gasteiger charge is 2.14. The van der Waals surface area contributed by atoms with E-state index in [4.69, 9.17) is 9.47 Å². The molecule has 0 radical (unpaired) electrons. The van der Waals surface area contributed by atoms with Gasteiger partial charge in [0, 0.05) is 21.9 Å². The maximum absolute atomic E-state index is 11.0. The van der Waals surface area contributed by atoms with E-state index < -0.39 is 0 Å². The number of ether oxygens (including phenoxy) is 2. The number of aromatic nitrogens is 2. The summed E-state index contributed by atoms with van der Waals surface area (Å²) in [4.78, 5) is 11.0. The molecule has 0 atom stereocenters. The van der Waals surface area contributed by atoms with Crippen molar-refractivity contribution in [2.24, 2.45) is 0 Å². The molecule has 5 nitrogen and oxygen atoms in total. The molecule has 0 fully saturated rings. The van der Waals surface area contributed by atoms with Gasteiger partial charge in [0.05, 0.1) is 7.11 Å². The van der Waals surface area contributed by atoms with Crippen molar-refractivity contribution in [2.75, 3.05) is 7.11 Å². The van der Waals surface area contributed by atoms with Crippen molar-refractivity contribution in [2.45, 2.75) is 6.92 Å². The molecule has 1 heterocycles. The van der Waals surface area contributed by atoms with Crippen molar-refractivity contribution in [1.82, 2.24) is 10.2 Å². The Bertz CT molecular complexity index is 1150. The van der Waals surface area contributed by atoms with Crippen LogP contribution in [0.3, 0.4) is 0 Å². The van der Waals surface area contributed by atoms with Crippen LogP contribution in [0.1, 0.15) is 15.9 Å². The highest BCUT2D eigenvalue weighted by atomic mass is 16.5. The van der Waals surface area contributed by atoms with E-state index in [2.05, 4.69) is 22.3 Å². The molecule has 0 aliphatic carbocycles. The molecule has 138 valence electrons. The first-order valence-electron chi connectivity index (χ1n) is 8.83. The van der Waals surface area contributed by atoms with Gasteiger partial charge in [-0.05, 0) is 31.2 Å². The molecular weight excluding hydrogens is 352 g/mol. The summed E-state index contributed by atoms with van der Waals surface area (Å²) in [6.45, 7) is 2.05. The Labute approximate surface area is 162 Å². The molecule has 0 saturated heterocycles. The maximum atomic E-state index is 11.0. The van der Waals surface area contributed by atoms with Gasteiger partial charge in [-0.25, -0.2) is 0 Å². The summed E-state index contributed by atoms with van der Waals surface area (Å²) in [6, 6.07) is 21.0. The second-order valence-corrected chi connectivity index (χ2v) is 6.40. The van der Waals surface area contributed by atoms with Gasteiger partial charge in [0.15, 0.2) is 11.5 Å². The summed E-state index contributed by atoms with van der Waals surface area (Å²) >= 11 is 0. The lowest BCUT2D eigenvalue weighted by Gasteiger charge is -2.13. The summed E-state index contributed by atoms with van der Waals surface area (Å²) in [7, 11) is 1.53. The molecule has 0 bridgehead atoms. The summed E-state index contributed by atoms with van der Waals surface area (Å²) in [5.41, 5.74) is 3.49. The number of aldehydes is 1. The number of fused-ring (bicyclic) bond motifs is 1. The first-order chi connectivity index (χ1) is 13.7. The van der Waals surface area contributed by atoms with E-state index >= 15 is 0 Å². The lowest BCUT2D eigenvalue weighted by atomic mass is 10.0. The molecule has 28 heavy (non-hydrogen) atoms. The highest BCUT2D eigenvalue weighted by Crippen LogP contribution is 2.36. The minimum absolute atomic E-state index is 0.378. The van der Waals surface area contributed by atoms with Gasteiger partial charge in [0.2, 0.25) is 5.88 Å². The van der Waals surface area contributed by atoms with Crippen molar-refractivity contribution in [3.63, 3.8) is 0 Å². The van der Waals surface area contributed by atoms with Crippen LogP contribution < -0.4 is 9.47 Å². The quantitative estimate of drug-likeness (QED) is 0.451. The fourth-order valence-electron chi connectivity index (χ4n) is 3.03. The summed E-state index contributed by atoms with van der Waals surface area (Å²) in [5, 5.41) is 10.5. The molecule has 0 spiro atoms. The van der Waals surface area contributed by atoms with E-state index in [-0.39, 0.29) is 0 Å². The topological polar surface area (TPSA) is 61.3 Å². The standard InChI is InChI=1S/C23H18N2O3/c1-15-7-10-17(11-8-15)22-18-5-3-4-6-19(18)23(25-24-22)28-20-12-9-16(14-26)13-21(20)27-2/h3-14H,1-2H3. The Balaban J connectivity index is 1.81. The third-order valence-corrected chi connectivity index (χ3v) is 4.51. The predicted molar refractivity (Wildman–Crippen MR) is 108 cm³/mol. The van der Waals surface area contributed by atoms with Crippen molar-refractivity contribution in [1.29, 1.82) is 0 Å². The summed E-state index contributed by atoms with van der Waals surface area (Å²) in [5.74, 6) is 1.30. The van der Waals surface area contributed by atoms with Crippen molar-refractivity contribution >= 4 is 17.1 Å². The van der Waals surface area contributed by atoms with Crippen LogP contribution in [0.4, 0.5) is 0 Å². The number of rotatable bonds is 5. The largest absolute Gasteiger partial charge is 0.493 e. The lowest BCUT2D eigenvalue weighted by molar-refractivity contribution is 0.112. The molecule has 5 heteroatoms. The molecule has 0 N–H and O–H groups in total. The molecule has 1 aromatic heterocycles. The number of carbonyl (C=O) groups excluding carboxylic acids is 1. The van der Waals surface area contributed by atoms with Crippen LogP contribution in [0.15, 0.2) is 66.7 Å². The Hall–Kier alpha value is -3.73. The molecular formula is C23H18N2O3. The average molecular weight is 370 g/mol. The van der Waals surface area contributed by atoms with E-state index in [0.717, 1.165) is 28.3 Å². The van der Waals surface area contributed by atoms with Gasteiger partial charge in [-0.15, -0.1) is 10.2 Å². The fraction of sp³-hybridized carbons (Fsp3) is 0.0870. The van der Waals surface area contributed by atoms with E-state index in [1.54, 1.807) is 18.2 Å². The molecule has 0 aliphatic rings. The van der Waals surface area contributed by atoms with Crippen LogP contribution in [0.25, 0.3) is 22.0 Å². The van der Waals surface area contributed by atoms with Crippen LogP contribution in [-0.2, 0) is 0 Å². The van der Waals surface area contributed by atoms with E-state index in [1.165, 1.54) is 12.7 Å². The maximum Gasteiger partial charge on any atom is 0.246 e. The molecule has 4 aromatic rings. The molecule has 0 aliphatic heterocycles. The molecule has 0 amide bonds. The van der Waals surface area contributed by atoms with Gasteiger partial charge in [-0.3, -0.25) is 4.79 Å². The SMILES string of the molecule is COc1cc(C=O)ccc1Oc1nnc(-c2ccc(C)cc2)c2ccccc12. The van der Waals surface area contributed by atoms with Crippen LogP contribution in [0.2, 0.25) is 0 Å². The zero-order valence-corrected chi connectivity index (χ0v) is 15.5. The number of carbonyl (C=O) groups is 1. The Morgan fingerprint density at radius 1 is 0.857 bits per heavy atom. The highest BCUT2D eigenvalue weighted by molar-refractivity contribution is 5.97. The minimum Gasteiger partial charge on any atom is -0.493 e. The van der Waals surface area contributed by atoms with Crippen LogP contribution in [0.5, 0.6) is 17.4 Å². The molecule has 0 unspecified atom stereocenters. The minimum atomic E-state index is 0.378. The van der Waals surface area contributed by atoms with Gasteiger partial charge in [0.25, 0.3) is 0 Å². The Kier molecular flexibility index (Phi) is 4.72. The van der Waals surface area contributed by atoms with Crippen molar-refractivity contribution < 1.29 is 14.3 Å². The number of aryl methyl sites for hydroxylation is 1. The van der Waals surface area contributed by atoms with E-state index in [0.29, 0.717) is 22.9 Å².